The van der Waals surface area contributed by atoms with Crippen molar-refractivity contribution in [2.75, 3.05) is 19.7 Å². The van der Waals surface area contributed by atoms with Crippen molar-refractivity contribution in [3.8, 4) is 0 Å². The maximum atomic E-state index is 12.9. The highest BCUT2D eigenvalue weighted by Crippen LogP contribution is 2.52. The summed E-state index contributed by atoms with van der Waals surface area (Å²) in [5, 5.41) is 0.180. The highest BCUT2D eigenvalue weighted by atomic mass is 32.2. The van der Waals surface area contributed by atoms with Crippen molar-refractivity contribution in [2.45, 2.75) is 22.5 Å². The molecule has 0 radical (unpaired) electrons. The van der Waals surface area contributed by atoms with E-state index in [1.54, 1.807) is 6.08 Å². The van der Waals surface area contributed by atoms with Crippen LogP contribution in [0.2, 0.25) is 0 Å². The monoisotopic (exact) mass is 484 g/mol. The molecule has 1 heterocycles. The van der Waals surface area contributed by atoms with Crippen LogP contribution in [0.25, 0.3) is 0 Å². The second kappa shape index (κ2) is 11.9. The van der Waals surface area contributed by atoms with Gasteiger partial charge in [0.2, 0.25) is 0 Å². The summed E-state index contributed by atoms with van der Waals surface area (Å²) in [5.41, 5.74) is 9.37. The molecule has 1 fully saturated rings. The van der Waals surface area contributed by atoms with Gasteiger partial charge in [0.1, 0.15) is 6.61 Å². The van der Waals surface area contributed by atoms with Gasteiger partial charge >= 0.3 is 6.09 Å². The highest BCUT2D eigenvalue weighted by Gasteiger charge is 2.43. The second-order valence-corrected chi connectivity index (χ2v) is 10.0. The Balaban J connectivity index is 1.77. The molecule has 180 valence electrons. The van der Waals surface area contributed by atoms with Crippen LogP contribution in [0, 0.1) is 0 Å². The minimum Gasteiger partial charge on any atom is -0.445 e. The Labute approximate surface area is 212 Å². The molecule has 0 aliphatic carbocycles. The fourth-order valence-electron chi connectivity index (χ4n) is 4.73. The Hall–Kier alpha value is -3.28. The second-order valence-electron chi connectivity index (χ2n) is 8.50. The maximum absolute atomic E-state index is 12.9. The van der Waals surface area contributed by atoms with Gasteiger partial charge in [-0.2, -0.15) is 0 Å². The molecule has 4 nitrogen and oxygen atoms in total. The van der Waals surface area contributed by atoms with Crippen LogP contribution in [-0.2, 0) is 9.48 Å². The summed E-state index contributed by atoms with van der Waals surface area (Å²) in [6, 6.07) is 31.8. The van der Waals surface area contributed by atoms with Gasteiger partial charge in [-0.3, -0.25) is 0 Å². The molecular formula is C30H32N2O2S. The number of ether oxygens (including phenoxy) is 1. The lowest BCUT2D eigenvalue weighted by Crippen LogP contribution is -2.36. The Morgan fingerprint density at radius 2 is 1.49 bits per heavy atom. The fourth-order valence-corrected chi connectivity index (χ4v) is 6.57. The lowest BCUT2D eigenvalue weighted by molar-refractivity contribution is 0.114. The van der Waals surface area contributed by atoms with Gasteiger partial charge in [0.25, 0.3) is 0 Å². The molecule has 0 unspecified atom stereocenters. The number of benzene rings is 3. The molecule has 4 rings (SSSR count). The van der Waals surface area contributed by atoms with Crippen LogP contribution in [-0.4, -0.2) is 42.0 Å². The Morgan fingerprint density at radius 3 is 1.94 bits per heavy atom. The van der Waals surface area contributed by atoms with E-state index in [2.05, 4.69) is 97.6 Å². The molecule has 0 bridgehead atoms. The summed E-state index contributed by atoms with van der Waals surface area (Å²) >= 11 is 1.91. The first kappa shape index (κ1) is 24.8. The summed E-state index contributed by atoms with van der Waals surface area (Å²) < 4.78 is 4.98. The first-order chi connectivity index (χ1) is 17.2. The van der Waals surface area contributed by atoms with Crippen LogP contribution in [0.5, 0.6) is 0 Å². The van der Waals surface area contributed by atoms with Crippen LogP contribution >= 0.6 is 11.8 Å². The van der Waals surface area contributed by atoms with E-state index in [0.717, 1.165) is 6.42 Å². The molecule has 0 aromatic heterocycles. The van der Waals surface area contributed by atoms with E-state index in [4.69, 9.17) is 10.5 Å². The molecule has 1 saturated heterocycles. The number of nitrogens with zero attached hydrogens (tertiary/aromatic N) is 1. The van der Waals surface area contributed by atoms with Crippen molar-refractivity contribution in [3.05, 3.63) is 132 Å². The van der Waals surface area contributed by atoms with Crippen molar-refractivity contribution in [1.29, 1.82) is 0 Å². The fraction of sp³-hybridized carbons (Fsp3) is 0.233. The quantitative estimate of drug-likeness (QED) is 0.299. The molecule has 0 spiro atoms. The molecule has 5 heteroatoms. The van der Waals surface area contributed by atoms with Crippen molar-refractivity contribution >= 4 is 17.9 Å². The first-order valence-electron chi connectivity index (χ1n) is 11.9. The van der Waals surface area contributed by atoms with Crippen molar-refractivity contribution in [3.63, 3.8) is 0 Å². The zero-order valence-corrected chi connectivity index (χ0v) is 20.6. The number of likely N-dealkylation sites (tertiary alicyclic amines) is 1. The molecule has 1 amide bonds. The van der Waals surface area contributed by atoms with Gasteiger partial charge in [-0.15, -0.1) is 11.8 Å². The van der Waals surface area contributed by atoms with E-state index in [1.165, 1.54) is 16.7 Å². The van der Waals surface area contributed by atoms with Crippen molar-refractivity contribution in [1.82, 2.24) is 4.90 Å². The summed E-state index contributed by atoms with van der Waals surface area (Å²) in [7, 11) is 0. The molecular weight excluding hydrogens is 452 g/mol. The topological polar surface area (TPSA) is 55.6 Å². The van der Waals surface area contributed by atoms with Crippen LogP contribution in [0.15, 0.2) is 116 Å². The molecule has 0 saturated carbocycles. The zero-order chi connectivity index (χ0) is 24.5. The average molecular weight is 485 g/mol. The smallest absolute Gasteiger partial charge is 0.410 e. The van der Waals surface area contributed by atoms with E-state index >= 15 is 0 Å². The zero-order valence-electron chi connectivity index (χ0n) is 19.8. The molecule has 2 N–H and O–H groups in total. The number of hydrogen-bond donors (Lipinski definition) is 1. The van der Waals surface area contributed by atoms with Crippen LogP contribution < -0.4 is 5.73 Å². The van der Waals surface area contributed by atoms with Gasteiger partial charge in [-0.05, 0) is 23.1 Å². The number of thioether (sulfide) groups is 1. The number of nitrogens with two attached hydrogens (primary N) is 1. The summed E-state index contributed by atoms with van der Waals surface area (Å²) in [6.07, 6.45) is 6.05. The minimum absolute atomic E-state index is 0.0617. The maximum Gasteiger partial charge on any atom is 0.410 e. The van der Waals surface area contributed by atoms with E-state index in [1.807, 2.05) is 28.8 Å². The molecule has 1 aliphatic rings. The largest absolute Gasteiger partial charge is 0.445 e. The van der Waals surface area contributed by atoms with Gasteiger partial charge < -0.3 is 15.4 Å². The number of carbonyl (C=O) groups excluding carboxylic acids is 1. The van der Waals surface area contributed by atoms with E-state index in [-0.39, 0.29) is 24.0 Å². The van der Waals surface area contributed by atoms with Gasteiger partial charge in [0.05, 0.1) is 10.8 Å². The molecule has 35 heavy (non-hydrogen) atoms. The summed E-state index contributed by atoms with van der Waals surface area (Å²) in [5.74, 6) is 0. The van der Waals surface area contributed by atoms with Crippen LogP contribution in [0.3, 0.4) is 0 Å². The molecule has 3 aromatic carbocycles. The standard InChI is InChI=1S/C30H32N2O2S/c1-2-21-34-29(33)32-23-28(22-27(32)19-12-20-31)35-30(24-13-6-3-7-14-24,25-15-8-4-9-16-25)26-17-10-5-11-18-26/h2-19,27-28H,1,20-23,31H2/b19-12-/t27-,28+/m1/s1. The van der Waals surface area contributed by atoms with Crippen molar-refractivity contribution in [2.24, 2.45) is 5.73 Å². The first-order valence-corrected chi connectivity index (χ1v) is 12.8. The number of hydrogen-bond acceptors (Lipinski definition) is 4. The summed E-state index contributed by atoms with van der Waals surface area (Å²) in [6.45, 7) is 4.89. The third-order valence-electron chi connectivity index (χ3n) is 6.24. The van der Waals surface area contributed by atoms with Gasteiger partial charge in [0, 0.05) is 18.3 Å². The third-order valence-corrected chi connectivity index (χ3v) is 7.98. The Bertz CT molecular complexity index is 1020. The predicted molar refractivity (Wildman–Crippen MR) is 145 cm³/mol. The van der Waals surface area contributed by atoms with Gasteiger partial charge in [-0.25, -0.2) is 4.79 Å². The lowest BCUT2D eigenvalue weighted by Gasteiger charge is -2.37. The van der Waals surface area contributed by atoms with Crippen molar-refractivity contribution < 1.29 is 9.53 Å². The van der Waals surface area contributed by atoms with Crippen LogP contribution in [0.4, 0.5) is 4.79 Å². The molecule has 1 aliphatic heterocycles. The van der Waals surface area contributed by atoms with Crippen LogP contribution in [0.1, 0.15) is 23.1 Å². The number of carbonyl (C=O) groups is 1. The third kappa shape index (κ3) is 5.53. The van der Waals surface area contributed by atoms with Gasteiger partial charge in [-0.1, -0.05) is 116 Å². The average Bonchev–Trinajstić information content (AvgIpc) is 3.33. The van der Waals surface area contributed by atoms with Gasteiger partial charge in [0.15, 0.2) is 0 Å². The highest BCUT2D eigenvalue weighted by molar-refractivity contribution is 8.01. The molecule has 2 atom stereocenters. The minimum atomic E-state index is -0.433. The molecule has 3 aromatic rings. The van der Waals surface area contributed by atoms with E-state index in [9.17, 15) is 4.79 Å². The Kier molecular flexibility index (Phi) is 8.45. The normalized spacial score (nSPS) is 18.0. The van der Waals surface area contributed by atoms with E-state index in [0.29, 0.717) is 13.1 Å². The predicted octanol–water partition coefficient (Wildman–Crippen LogP) is 5.99. The Morgan fingerprint density at radius 1 is 0.971 bits per heavy atom. The SMILES string of the molecule is C=CCOC(=O)N1C[C@@H](SC(c2ccccc2)(c2ccccc2)c2ccccc2)C[C@H]1/C=C\CN. The van der Waals surface area contributed by atoms with E-state index < -0.39 is 4.75 Å². The summed E-state index contributed by atoms with van der Waals surface area (Å²) in [4.78, 5) is 14.7. The number of rotatable bonds is 9. The number of amides is 1. The lowest BCUT2D eigenvalue weighted by atomic mass is 9.84.